The van der Waals surface area contributed by atoms with E-state index in [-0.39, 0.29) is 22.9 Å². The molecule has 3 saturated carbocycles. The van der Waals surface area contributed by atoms with E-state index in [2.05, 4.69) is 45.6 Å². The zero-order valence-electron chi connectivity index (χ0n) is 19.7. The highest BCUT2D eigenvalue weighted by Crippen LogP contribution is 2.68. The summed E-state index contributed by atoms with van der Waals surface area (Å²) in [6, 6.07) is 2.71. The molecule has 4 rings (SSSR count). The monoisotopic (exact) mass is 429 g/mol. The van der Waals surface area contributed by atoms with Crippen LogP contribution >= 0.6 is 0 Å². The number of carbonyl (C=O) groups excluding carboxylic acids is 1. The van der Waals surface area contributed by atoms with Gasteiger partial charge in [-0.2, -0.15) is 5.26 Å². The van der Waals surface area contributed by atoms with Crippen molar-refractivity contribution in [3.05, 3.63) is 11.6 Å². The van der Waals surface area contributed by atoms with Crippen LogP contribution in [0, 0.1) is 39.9 Å². The van der Waals surface area contributed by atoms with Gasteiger partial charge in [0.25, 0.3) is 0 Å². The number of hydrogen-bond acceptors (Lipinski definition) is 4. The van der Waals surface area contributed by atoms with E-state index in [4.69, 9.17) is 9.16 Å². The van der Waals surface area contributed by atoms with Gasteiger partial charge in [0.05, 0.1) is 6.07 Å². The van der Waals surface area contributed by atoms with Gasteiger partial charge >= 0.3 is 5.97 Å². The predicted molar refractivity (Wildman–Crippen MR) is 120 cm³/mol. The summed E-state index contributed by atoms with van der Waals surface area (Å²) < 4.78 is 12.3. The molecule has 0 heterocycles. The molecule has 0 saturated heterocycles. The predicted octanol–water partition coefficient (Wildman–Crippen LogP) is 5.99. The first-order valence-corrected chi connectivity index (χ1v) is 15.3. The highest BCUT2D eigenvalue weighted by atomic mass is 28.4. The van der Waals surface area contributed by atoms with Crippen LogP contribution in [-0.4, -0.2) is 26.0 Å². The quantitative estimate of drug-likeness (QED) is 0.314. The summed E-state index contributed by atoms with van der Waals surface area (Å²) in [4.78, 5) is 11.5. The number of fused-ring (bicyclic) bond motifs is 5. The third kappa shape index (κ3) is 3.30. The Kier molecular flexibility index (Phi) is 5.30. The number of allylic oxidation sites excluding steroid dienone is 1. The SMILES string of the molecule is CC(=O)O[C@@H]1CC[C@@]2(C)C(=CC[C@H]3[C@H]2CC[C@@]2(C)[C@H]3CC[C@@]2(C#N)O[Si](C)(C)C)C1. The van der Waals surface area contributed by atoms with E-state index in [1.165, 1.54) is 18.9 Å². The first-order chi connectivity index (χ1) is 13.9. The molecule has 0 aromatic heterocycles. The summed E-state index contributed by atoms with van der Waals surface area (Å²) in [7, 11) is -1.82. The zero-order chi connectivity index (χ0) is 21.9. The van der Waals surface area contributed by atoms with E-state index < -0.39 is 13.9 Å². The Morgan fingerprint density at radius 1 is 1.13 bits per heavy atom. The molecule has 0 aromatic carbocycles. The summed E-state index contributed by atoms with van der Waals surface area (Å²) in [6.45, 7) is 13.0. The van der Waals surface area contributed by atoms with Crippen LogP contribution in [0.5, 0.6) is 0 Å². The Morgan fingerprint density at radius 3 is 2.47 bits per heavy atom. The Hall–Kier alpha value is -1.12. The van der Waals surface area contributed by atoms with Crippen LogP contribution in [0.25, 0.3) is 0 Å². The molecule has 4 aliphatic rings. The van der Waals surface area contributed by atoms with Crippen molar-refractivity contribution in [1.82, 2.24) is 0 Å². The number of rotatable bonds is 3. The lowest BCUT2D eigenvalue weighted by Gasteiger charge is -2.59. The molecule has 30 heavy (non-hydrogen) atoms. The van der Waals surface area contributed by atoms with E-state index in [1.807, 2.05) is 0 Å². The summed E-state index contributed by atoms with van der Waals surface area (Å²) >= 11 is 0. The highest BCUT2D eigenvalue weighted by molar-refractivity contribution is 6.69. The van der Waals surface area contributed by atoms with Gasteiger partial charge in [0, 0.05) is 18.8 Å². The number of esters is 1. The van der Waals surface area contributed by atoms with Gasteiger partial charge in [-0.25, -0.2) is 0 Å². The minimum absolute atomic E-state index is 0.0418. The van der Waals surface area contributed by atoms with Gasteiger partial charge in [0.2, 0.25) is 0 Å². The van der Waals surface area contributed by atoms with Gasteiger partial charge in [-0.1, -0.05) is 25.5 Å². The lowest BCUT2D eigenvalue weighted by molar-refractivity contribution is -0.149. The van der Waals surface area contributed by atoms with Crippen LogP contribution < -0.4 is 0 Å². The van der Waals surface area contributed by atoms with Crippen molar-refractivity contribution in [2.24, 2.45) is 28.6 Å². The second-order valence-corrected chi connectivity index (χ2v) is 16.3. The number of ether oxygens (including phenoxy) is 1. The van der Waals surface area contributed by atoms with Crippen LogP contribution in [0.4, 0.5) is 0 Å². The topological polar surface area (TPSA) is 59.3 Å². The summed E-state index contributed by atoms with van der Waals surface area (Å²) in [6.07, 6.45) is 10.9. The molecule has 3 fully saturated rings. The first-order valence-electron chi connectivity index (χ1n) is 11.9. The second-order valence-electron chi connectivity index (χ2n) is 11.9. The van der Waals surface area contributed by atoms with Crippen molar-refractivity contribution in [3.63, 3.8) is 0 Å². The first kappa shape index (κ1) is 22.1. The van der Waals surface area contributed by atoms with Gasteiger partial charge in [0.15, 0.2) is 8.32 Å². The van der Waals surface area contributed by atoms with Gasteiger partial charge in [0.1, 0.15) is 11.7 Å². The molecule has 0 bridgehead atoms. The van der Waals surface area contributed by atoms with E-state index in [9.17, 15) is 10.1 Å². The molecule has 5 heteroatoms. The number of hydrogen-bond donors (Lipinski definition) is 0. The molecule has 0 N–H and O–H groups in total. The van der Waals surface area contributed by atoms with E-state index >= 15 is 0 Å². The standard InChI is InChI=1S/C25H39NO3Si/c1-17(27)28-19-9-12-23(2)18(15-19)7-8-20-21(23)10-13-24(3)22(20)11-14-25(24,16-26)29-30(4,5)6/h7,19-22H,8-15H2,1-6H3/t19-,20+,21-,22+,23+,24+,25+/m1/s1. The Balaban J connectivity index is 1.61. The van der Waals surface area contributed by atoms with Crippen LogP contribution in [0.15, 0.2) is 11.6 Å². The summed E-state index contributed by atoms with van der Waals surface area (Å²) in [5, 5.41) is 10.3. The molecule has 0 aromatic rings. The van der Waals surface area contributed by atoms with Gasteiger partial charge in [-0.3, -0.25) is 4.79 Å². The van der Waals surface area contributed by atoms with Crippen LogP contribution in [0.3, 0.4) is 0 Å². The lowest BCUT2D eigenvalue weighted by atomic mass is 9.47. The number of nitrogens with zero attached hydrogens (tertiary/aromatic N) is 1. The van der Waals surface area contributed by atoms with Crippen LogP contribution in [0.2, 0.25) is 19.6 Å². The smallest absolute Gasteiger partial charge is 0.302 e. The van der Waals surface area contributed by atoms with Crippen molar-refractivity contribution in [2.45, 2.75) is 103 Å². The van der Waals surface area contributed by atoms with Gasteiger partial charge in [-0.15, -0.1) is 0 Å². The van der Waals surface area contributed by atoms with Crippen molar-refractivity contribution >= 4 is 14.3 Å². The van der Waals surface area contributed by atoms with Crippen molar-refractivity contribution in [3.8, 4) is 6.07 Å². The number of nitriles is 1. The van der Waals surface area contributed by atoms with Crippen molar-refractivity contribution in [2.75, 3.05) is 0 Å². The molecule has 166 valence electrons. The second kappa shape index (κ2) is 7.20. The lowest BCUT2D eigenvalue weighted by Crippen LogP contribution is -2.57. The van der Waals surface area contributed by atoms with Gasteiger partial charge in [-0.05, 0) is 87.8 Å². The average Bonchev–Trinajstić information content (AvgIpc) is 2.93. The Labute approximate surface area is 183 Å². The third-order valence-electron chi connectivity index (χ3n) is 9.17. The fourth-order valence-electron chi connectivity index (χ4n) is 7.86. The molecule has 0 amide bonds. The summed E-state index contributed by atoms with van der Waals surface area (Å²) in [5.74, 6) is 1.72. The zero-order valence-corrected chi connectivity index (χ0v) is 20.7. The normalized spacial score (nSPS) is 45.4. The molecule has 0 spiro atoms. The van der Waals surface area contributed by atoms with Crippen molar-refractivity contribution < 1.29 is 14.0 Å². The van der Waals surface area contributed by atoms with E-state index in [1.54, 1.807) is 0 Å². The molecular formula is C25H39NO3Si. The fraction of sp³-hybridized carbons (Fsp3) is 0.840. The summed E-state index contributed by atoms with van der Waals surface area (Å²) in [5.41, 5.74) is 1.09. The largest absolute Gasteiger partial charge is 0.462 e. The molecule has 0 radical (unpaired) electrons. The Bertz CT molecular complexity index is 795. The van der Waals surface area contributed by atoms with Gasteiger partial charge < -0.3 is 9.16 Å². The molecule has 4 nitrogen and oxygen atoms in total. The van der Waals surface area contributed by atoms with Crippen molar-refractivity contribution in [1.29, 1.82) is 5.26 Å². The maximum Gasteiger partial charge on any atom is 0.302 e. The maximum atomic E-state index is 11.5. The third-order valence-corrected chi connectivity index (χ3v) is 10.1. The average molecular weight is 430 g/mol. The molecule has 0 unspecified atom stereocenters. The fourth-order valence-corrected chi connectivity index (χ4v) is 9.28. The van der Waals surface area contributed by atoms with Crippen LogP contribution in [-0.2, 0) is 14.0 Å². The number of carbonyl (C=O) groups is 1. The maximum absolute atomic E-state index is 11.5. The minimum Gasteiger partial charge on any atom is -0.462 e. The molecular weight excluding hydrogens is 390 g/mol. The molecule has 7 atom stereocenters. The molecule has 4 aliphatic carbocycles. The molecule has 0 aliphatic heterocycles. The van der Waals surface area contributed by atoms with E-state index in [0.717, 1.165) is 44.9 Å². The van der Waals surface area contributed by atoms with Crippen LogP contribution in [0.1, 0.15) is 72.1 Å². The van der Waals surface area contributed by atoms with E-state index in [0.29, 0.717) is 17.8 Å². The highest BCUT2D eigenvalue weighted by Gasteiger charge is 2.65. The minimum atomic E-state index is -1.82. The Morgan fingerprint density at radius 2 is 1.83 bits per heavy atom.